The summed E-state index contributed by atoms with van der Waals surface area (Å²) in [4.78, 5) is 0. The normalized spacial score (nSPS) is 16.3. The zero-order valence-electron chi connectivity index (χ0n) is 17.1. The van der Waals surface area contributed by atoms with E-state index in [9.17, 15) is 22.0 Å². The van der Waals surface area contributed by atoms with Crippen LogP contribution in [0.3, 0.4) is 0 Å². The molecule has 6 heteroatoms. The zero-order valence-corrected chi connectivity index (χ0v) is 18.1. The van der Waals surface area contributed by atoms with Crippen molar-refractivity contribution in [2.45, 2.75) is 57.2 Å². The van der Waals surface area contributed by atoms with Crippen LogP contribution in [0.2, 0.25) is 18.1 Å². The summed E-state index contributed by atoms with van der Waals surface area (Å²) in [6.45, 7) is 2.25. The third kappa shape index (κ3) is 5.39. The van der Waals surface area contributed by atoms with Crippen LogP contribution in [0, 0.1) is 23.4 Å². The van der Waals surface area contributed by atoms with Crippen LogP contribution in [0.5, 0.6) is 0 Å². The number of rotatable bonds is 7. The van der Waals surface area contributed by atoms with Crippen molar-refractivity contribution in [2.75, 3.05) is 0 Å². The Labute approximate surface area is 176 Å². The third-order valence-electron chi connectivity index (χ3n) is 5.98. The largest absolute Gasteiger partial charge is 0.212 e. The molecule has 30 heavy (non-hydrogen) atoms. The van der Waals surface area contributed by atoms with Crippen LogP contribution in [-0.4, -0.2) is 8.80 Å². The summed E-state index contributed by atoms with van der Waals surface area (Å²) >= 11 is 0. The quantitative estimate of drug-likeness (QED) is 0.302. The van der Waals surface area contributed by atoms with E-state index in [-0.39, 0.29) is 19.9 Å². The van der Waals surface area contributed by atoms with E-state index in [1.54, 1.807) is 6.07 Å². The molecule has 0 saturated carbocycles. The van der Waals surface area contributed by atoms with Gasteiger partial charge in [0.05, 0.1) is 5.56 Å². The zero-order chi connectivity index (χ0) is 21.7. The second-order valence-corrected chi connectivity index (χ2v) is 11.1. The smallest absolute Gasteiger partial charge is 0.164 e. The predicted molar refractivity (Wildman–Crippen MR) is 113 cm³/mol. The van der Waals surface area contributed by atoms with Gasteiger partial charge in [-0.25, -0.2) is 22.0 Å². The molecule has 0 aromatic heterocycles. The molecular weight excluding hydrogens is 411 g/mol. The van der Waals surface area contributed by atoms with Crippen LogP contribution in [0.4, 0.5) is 22.0 Å². The highest BCUT2D eigenvalue weighted by atomic mass is 28.3. The fraction of sp³-hybridized carbons (Fsp3) is 0.417. The van der Waals surface area contributed by atoms with E-state index in [2.05, 4.69) is 6.92 Å². The standard InChI is InChI=1S/C24H26F5Si/c1-2-9-30-10-7-16(8-11-30)3-4-17-5-6-19(20(26)12-17)18-13-21(27)24(22(28)14-18)23(29)15-25/h5-6,12-16H,2-4,7-11H2,1H3. The first-order valence-electron chi connectivity index (χ1n) is 10.5. The summed E-state index contributed by atoms with van der Waals surface area (Å²) in [6, 6.07) is 10.4. The molecule has 161 valence electrons. The first-order chi connectivity index (χ1) is 14.4. The van der Waals surface area contributed by atoms with Crippen LogP contribution in [0.1, 0.15) is 43.7 Å². The van der Waals surface area contributed by atoms with Gasteiger partial charge in [0.1, 0.15) is 23.8 Å². The Balaban J connectivity index is 1.67. The molecule has 2 aromatic carbocycles. The van der Waals surface area contributed by atoms with Crippen LogP contribution < -0.4 is 0 Å². The van der Waals surface area contributed by atoms with Gasteiger partial charge in [-0.05, 0) is 48.1 Å². The van der Waals surface area contributed by atoms with Crippen molar-refractivity contribution in [1.82, 2.24) is 0 Å². The average molecular weight is 438 g/mol. The molecule has 0 atom stereocenters. The van der Waals surface area contributed by atoms with E-state index in [1.165, 1.54) is 49.5 Å². The molecule has 0 nitrogen and oxygen atoms in total. The molecule has 0 bridgehead atoms. The van der Waals surface area contributed by atoms with Crippen molar-refractivity contribution in [3.8, 4) is 11.1 Å². The monoisotopic (exact) mass is 437 g/mol. The first kappa shape index (κ1) is 22.7. The van der Waals surface area contributed by atoms with Crippen molar-refractivity contribution >= 4 is 14.6 Å². The van der Waals surface area contributed by atoms with Gasteiger partial charge in [-0.1, -0.05) is 56.5 Å². The maximum Gasteiger partial charge on any atom is 0.164 e. The molecule has 1 aliphatic rings. The Morgan fingerprint density at radius 2 is 1.70 bits per heavy atom. The summed E-state index contributed by atoms with van der Waals surface area (Å²) in [6.07, 6.45) is 5.10. The number of halogens is 5. The van der Waals surface area contributed by atoms with Gasteiger partial charge >= 0.3 is 0 Å². The van der Waals surface area contributed by atoms with Gasteiger partial charge in [-0.2, -0.15) is 0 Å². The van der Waals surface area contributed by atoms with Crippen LogP contribution in [0.25, 0.3) is 17.0 Å². The molecule has 1 heterocycles. The van der Waals surface area contributed by atoms with E-state index in [0.29, 0.717) is 5.92 Å². The molecule has 1 saturated heterocycles. The van der Waals surface area contributed by atoms with Gasteiger partial charge in [0.2, 0.25) is 0 Å². The van der Waals surface area contributed by atoms with Crippen molar-refractivity contribution < 1.29 is 22.0 Å². The first-order valence-corrected chi connectivity index (χ1v) is 12.6. The van der Waals surface area contributed by atoms with Crippen LogP contribution in [0.15, 0.2) is 36.7 Å². The van der Waals surface area contributed by atoms with E-state index >= 15 is 0 Å². The fourth-order valence-electron chi connectivity index (χ4n) is 4.31. The lowest BCUT2D eigenvalue weighted by atomic mass is 9.93. The van der Waals surface area contributed by atoms with Gasteiger partial charge in [0.15, 0.2) is 5.83 Å². The molecular formula is C24H26F5Si. The van der Waals surface area contributed by atoms with Crippen molar-refractivity contribution in [3.05, 3.63) is 65.2 Å². The van der Waals surface area contributed by atoms with E-state index in [0.717, 1.165) is 30.5 Å². The maximum atomic E-state index is 14.6. The van der Waals surface area contributed by atoms with E-state index in [4.69, 9.17) is 0 Å². The second kappa shape index (κ2) is 10.4. The highest BCUT2D eigenvalue weighted by Crippen LogP contribution is 2.33. The van der Waals surface area contributed by atoms with Crippen LogP contribution in [-0.2, 0) is 6.42 Å². The molecule has 0 aliphatic carbocycles. The Bertz CT molecular complexity index is 877. The van der Waals surface area contributed by atoms with Gasteiger partial charge in [0, 0.05) is 14.4 Å². The lowest BCUT2D eigenvalue weighted by Crippen LogP contribution is -2.21. The van der Waals surface area contributed by atoms with Crippen molar-refractivity contribution in [1.29, 1.82) is 0 Å². The summed E-state index contributed by atoms with van der Waals surface area (Å²) in [5, 5.41) is 0. The molecule has 1 aliphatic heterocycles. The number of hydrogen-bond donors (Lipinski definition) is 0. The Morgan fingerprint density at radius 3 is 2.27 bits per heavy atom. The highest BCUT2D eigenvalue weighted by molar-refractivity contribution is 6.58. The van der Waals surface area contributed by atoms with Gasteiger partial charge in [-0.3, -0.25) is 0 Å². The third-order valence-corrected chi connectivity index (χ3v) is 9.18. The Hall–Kier alpha value is -1.95. The van der Waals surface area contributed by atoms with E-state index in [1.807, 2.05) is 0 Å². The molecule has 0 amide bonds. The average Bonchev–Trinajstić information content (AvgIpc) is 2.72. The highest BCUT2D eigenvalue weighted by Gasteiger charge is 2.22. The number of aryl methyl sites for hydroxylation is 1. The maximum absolute atomic E-state index is 14.6. The molecule has 2 aromatic rings. The summed E-state index contributed by atoms with van der Waals surface area (Å²) in [5.74, 6) is -4.09. The summed E-state index contributed by atoms with van der Waals surface area (Å²) < 4.78 is 68.3. The SMILES string of the molecule is CCC[Si]1CCC(CCc2ccc(-c3cc(F)c(C(F)=CF)c(F)c3)c(F)c2)CC1. The summed E-state index contributed by atoms with van der Waals surface area (Å²) in [7, 11) is -0.142. The molecule has 0 spiro atoms. The molecule has 0 N–H and O–H groups in total. The Kier molecular flexibility index (Phi) is 7.86. The molecule has 1 fully saturated rings. The minimum Gasteiger partial charge on any atom is -0.212 e. The summed E-state index contributed by atoms with van der Waals surface area (Å²) in [5.41, 5.74) is -0.265. The molecule has 3 rings (SSSR count). The fourth-order valence-corrected chi connectivity index (χ4v) is 7.40. The molecule has 1 radical (unpaired) electrons. The lowest BCUT2D eigenvalue weighted by molar-refractivity contribution is 0.437. The van der Waals surface area contributed by atoms with Gasteiger partial charge in [0.25, 0.3) is 0 Å². The van der Waals surface area contributed by atoms with E-state index < -0.39 is 35.2 Å². The van der Waals surface area contributed by atoms with Gasteiger partial charge < -0.3 is 0 Å². The number of benzene rings is 2. The van der Waals surface area contributed by atoms with Crippen molar-refractivity contribution in [2.24, 2.45) is 5.92 Å². The van der Waals surface area contributed by atoms with Crippen LogP contribution >= 0.6 is 0 Å². The lowest BCUT2D eigenvalue weighted by Gasteiger charge is -2.27. The predicted octanol–water partition coefficient (Wildman–Crippen LogP) is 8.26. The van der Waals surface area contributed by atoms with Gasteiger partial charge in [-0.15, -0.1) is 0 Å². The second-order valence-electron chi connectivity index (χ2n) is 8.07. The minimum atomic E-state index is -1.64. The minimum absolute atomic E-state index is 0.0252. The number of hydrogen-bond acceptors (Lipinski definition) is 0. The Morgan fingerprint density at radius 1 is 1.03 bits per heavy atom. The molecule has 0 unspecified atom stereocenters. The topological polar surface area (TPSA) is 0 Å². The van der Waals surface area contributed by atoms with Crippen molar-refractivity contribution in [3.63, 3.8) is 0 Å².